The first-order valence-electron chi connectivity index (χ1n) is 22.7. The van der Waals surface area contributed by atoms with Crippen LogP contribution in [0.4, 0.5) is 17.1 Å². The zero-order valence-corrected chi connectivity index (χ0v) is 35.3. The molecule has 0 aliphatic heterocycles. The summed E-state index contributed by atoms with van der Waals surface area (Å²) in [6.07, 6.45) is 0. The van der Waals surface area contributed by atoms with Gasteiger partial charge in [0.1, 0.15) is 0 Å². The third-order valence-corrected chi connectivity index (χ3v) is 14.9. The van der Waals surface area contributed by atoms with Crippen LogP contribution in [0, 0.1) is 0 Å². The van der Waals surface area contributed by atoms with E-state index in [1.807, 2.05) is 0 Å². The van der Waals surface area contributed by atoms with Crippen LogP contribution < -0.4 is 4.90 Å². The lowest BCUT2D eigenvalue weighted by atomic mass is 9.70. The number of anilines is 3. The van der Waals surface area contributed by atoms with Crippen molar-refractivity contribution in [3.63, 3.8) is 0 Å². The molecule has 15 rings (SSSR count). The van der Waals surface area contributed by atoms with Gasteiger partial charge in [0.05, 0.1) is 11.1 Å². The first-order valence-corrected chi connectivity index (χ1v) is 22.7. The lowest BCUT2D eigenvalue weighted by molar-refractivity contribution is 0.793. The molecule has 300 valence electrons. The summed E-state index contributed by atoms with van der Waals surface area (Å²) in [4.78, 5) is 6.29. The second kappa shape index (κ2) is 12.8. The third-order valence-electron chi connectivity index (χ3n) is 14.9. The van der Waals surface area contributed by atoms with E-state index in [2.05, 4.69) is 234 Å². The first kappa shape index (κ1) is 35.1. The Morgan fingerprint density at radius 1 is 0.323 bits per heavy atom. The fourth-order valence-corrected chi connectivity index (χ4v) is 12.2. The predicted molar refractivity (Wildman–Crippen MR) is 272 cm³/mol. The van der Waals surface area contributed by atoms with Crippen molar-refractivity contribution in [2.24, 2.45) is 0 Å². The van der Waals surface area contributed by atoms with Crippen molar-refractivity contribution in [3.05, 3.63) is 247 Å². The van der Waals surface area contributed by atoms with Crippen LogP contribution in [-0.2, 0) is 5.41 Å². The van der Waals surface area contributed by atoms with Gasteiger partial charge in [-0.2, -0.15) is 0 Å². The second-order valence-electron chi connectivity index (χ2n) is 18.0. The lowest BCUT2D eigenvalue weighted by Gasteiger charge is -2.32. The fourth-order valence-electron chi connectivity index (χ4n) is 12.2. The summed E-state index contributed by atoms with van der Waals surface area (Å²) in [5.41, 5.74) is 22.1. The number of aromatic amines is 1. The van der Waals surface area contributed by atoms with Gasteiger partial charge in [0.2, 0.25) is 0 Å². The molecule has 1 aromatic heterocycles. The number of rotatable bonds is 4. The van der Waals surface area contributed by atoms with Crippen LogP contribution in [0.3, 0.4) is 0 Å². The van der Waals surface area contributed by atoms with E-state index in [0.29, 0.717) is 0 Å². The number of fused-ring (bicyclic) bond motifs is 18. The number of nitrogens with zero attached hydrogens (tertiary/aromatic N) is 1. The smallest absolute Gasteiger partial charge is 0.0726 e. The highest BCUT2D eigenvalue weighted by Crippen LogP contribution is 2.63. The molecule has 0 radical (unpaired) electrons. The monoisotopic (exact) mass is 822 g/mol. The molecule has 3 aliphatic rings. The van der Waals surface area contributed by atoms with Crippen LogP contribution in [0.2, 0.25) is 0 Å². The third kappa shape index (κ3) is 4.62. The van der Waals surface area contributed by atoms with Gasteiger partial charge in [0, 0.05) is 39.1 Å². The highest BCUT2D eigenvalue weighted by molar-refractivity contribution is 6.21. The molecule has 0 amide bonds. The molecule has 0 saturated heterocycles. The molecule has 0 atom stereocenters. The minimum atomic E-state index is -0.443. The summed E-state index contributed by atoms with van der Waals surface area (Å²) < 4.78 is 0. The topological polar surface area (TPSA) is 19.0 Å². The van der Waals surface area contributed by atoms with Crippen LogP contribution in [0.25, 0.3) is 99.0 Å². The standard InChI is InChI=1S/C63H38N2/c1-2-17-46-38(12-1)26-27-42-35-44(29-31-47(42)46)65(43-16-9-15-40(34-43)41-28-33-59-54(36-41)61-52-21-10-13-39-14-11-22-53(60(39)52)62(61)64-59)45-30-32-51-50-20-5-8-25-57(50)63(58(51)37-45)55-23-6-3-18-48(55)49-19-4-7-24-56(49)63/h1-37,64H. The molecule has 1 heterocycles. The van der Waals surface area contributed by atoms with Gasteiger partial charge in [-0.05, 0) is 142 Å². The summed E-state index contributed by atoms with van der Waals surface area (Å²) in [7, 11) is 0. The van der Waals surface area contributed by atoms with E-state index in [1.165, 1.54) is 116 Å². The van der Waals surface area contributed by atoms with Crippen LogP contribution in [-0.4, -0.2) is 4.98 Å². The largest absolute Gasteiger partial charge is 0.354 e. The summed E-state index contributed by atoms with van der Waals surface area (Å²) >= 11 is 0. The molecule has 1 spiro atoms. The molecule has 11 aromatic carbocycles. The second-order valence-corrected chi connectivity index (χ2v) is 18.0. The van der Waals surface area contributed by atoms with E-state index < -0.39 is 5.41 Å². The number of hydrogen-bond acceptors (Lipinski definition) is 1. The van der Waals surface area contributed by atoms with Crippen molar-refractivity contribution < 1.29 is 0 Å². The summed E-state index contributed by atoms with van der Waals surface area (Å²) in [6.45, 7) is 0. The molecular weight excluding hydrogens is 785 g/mol. The Hall–Kier alpha value is -8.46. The van der Waals surface area contributed by atoms with Crippen LogP contribution in [0.1, 0.15) is 22.3 Å². The van der Waals surface area contributed by atoms with E-state index >= 15 is 0 Å². The van der Waals surface area contributed by atoms with Gasteiger partial charge < -0.3 is 9.88 Å². The Morgan fingerprint density at radius 2 is 0.892 bits per heavy atom. The van der Waals surface area contributed by atoms with Gasteiger partial charge in [-0.25, -0.2) is 0 Å². The minimum Gasteiger partial charge on any atom is -0.354 e. The van der Waals surface area contributed by atoms with Crippen molar-refractivity contribution in [1.29, 1.82) is 0 Å². The Bertz CT molecular complexity index is 3970. The average Bonchev–Trinajstić information content (AvgIpc) is 4.08. The van der Waals surface area contributed by atoms with Crippen molar-refractivity contribution >= 4 is 60.3 Å². The van der Waals surface area contributed by atoms with Gasteiger partial charge >= 0.3 is 0 Å². The molecule has 2 heteroatoms. The number of nitrogens with one attached hydrogen (secondary N) is 1. The Morgan fingerprint density at radius 3 is 1.68 bits per heavy atom. The van der Waals surface area contributed by atoms with Crippen molar-refractivity contribution in [3.8, 4) is 55.8 Å². The molecular formula is C63H38N2. The SMILES string of the molecule is c1cc(-c2ccc3[nH]c4c(c3c2)-c2cccc3cccc-4c23)cc(N(c2ccc3c(c2)C2(c4ccccc4-c4ccccc42)c2ccccc2-3)c2ccc3c(ccc4ccccc43)c2)c1. The number of hydrogen-bond donors (Lipinski definition) is 1. The maximum Gasteiger partial charge on any atom is 0.0726 e. The summed E-state index contributed by atoms with van der Waals surface area (Å²) in [5, 5.41) is 8.88. The van der Waals surface area contributed by atoms with Gasteiger partial charge in [-0.1, -0.05) is 176 Å². The molecule has 1 N–H and O–H groups in total. The normalized spacial score (nSPS) is 13.4. The lowest BCUT2D eigenvalue weighted by Crippen LogP contribution is -2.26. The van der Waals surface area contributed by atoms with Crippen molar-refractivity contribution in [2.75, 3.05) is 4.90 Å². The van der Waals surface area contributed by atoms with Crippen molar-refractivity contribution in [1.82, 2.24) is 4.98 Å². The zero-order valence-electron chi connectivity index (χ0n) is 35.3. The van der Waals surface area contributed by atoms with Gasteiger partial charge in [-0.3, -0.25) is 0 Å². The number of H-pyrrole nitrogens is 1. The summed E-state index contributed by atoms with van der Waals surface area (Å²) in [6, 6.07) is 84.1. The van der Waals surface area contributed by atoms with Gasteiger partial charge in [0.15, 0.2) is 0 Å². The van der Waals surface area contributed by atoms with E-state index in [-0.39, 0.29) is 0 Å². The van der Waals surface area contributed by atoms with E-state index in [9.17, 15) is 0 Å². The minimum absolute atomic E-state index is 0.443. The van der Waals surface area contributed by atoms with E-state index in [0.717, 1.165) is 22.6 Å². The van der Waals surface area contributed by atoms with E-state index in [1.54, 1.807) is 0 Å². The molecule has 3 aliphatic carbocycles. The Balaban J connectivity index is 0.945. The van der Waals surface area contributed by atoms with Crippen LogP contribution in [0.15, 0.2) is 224 Å². The number of aromatic nitrogens is 1. The summed E-state index contributed by atoms with van der Waals surface area (Å²) in [5.74, 6) is 0. The predicted octanol–water partition coefficient (Wildman–Crippen LogP) is 16.8. The van der Waals surface area contributed by atoms with Crippen LogP contribution in [0.5, 0.6) is 0 Å². The molecule has 65 heavy (non-hydrogen) atoms. The van der Waals surface area contributed by atoms with E-state index in [4.69, 9.17) is 0 Å². The highest BCUT2D eigenvalue weighted by Gasteiger charge is 2.51. The molecule has 12 aromatic rings. The van der Waals surface area contributed by atoms with Gasteiger partial charge in [-0.15, -0.1) is 0 Å². The molecule has 2 nitrogen and oxygen atoms in total. The fraction of sp³-hybridized carbons (Fsp3) is 0.0159. The van der Waals surface area contributed by atoms with Crippen LogP contribution >= 0.6 is 0 Å². The molecule has 0 bridgehead atoms. The number of benzene rings is 11. The average molecular weight is 823 g/mol. The Labute approximate surface area is 376 Å². The highest BCUT2D eigenvalue weighted by atomic mass is 15.1. The maximum absolute atomic E-state index is 3.81. The quantitative estimate of drug-likeness (QED) is 0.175. The molecule has 0 saturated carbocycles. The Kier molecular flexibility index (Phi) is 6.91. The molecule has 0 unspecified atom stereocenters. The van der Waals surface area contributed by atoms with Gasteiger partial charge in [0.25, 0.3) is 0 Å². The van der Waals surface area contributed by atoms with Crippen molar-refractivity contribution in [2.45, 2.75) is 5.41 Å². The zero-order chi connectivity index (χ0) is 42.4. The maximum atomic E-state index is 3.81. The molecule has 0 fully saturated rings. The first-order chi connectivity index (χ1) is 32.2.